The van der Waals surface area contributed by atoms with Gasteiger partial charge < -0.3 is 15.2 Å². The van der Waals surface area contributed by atoms with Crippen molar-refractivity contribution in [3.05, 3.63) is 29.3 Å². The summed E-state index contributed by atoms with van der Waals surface area (Å²) in [5.41, 5.74) is 2.43. The summed E-state index contributed by atoms with van der Waals surface area (Å²) in [5.74, 6) is 0.952. The van der Waals surface area contributed by atoms with Crippen LogP contribution >= 0.6 is 0 Å². The lowest BCUT2D eigenvalue weighted by atomic mass is 9.63. The summed E-state index contributed by atoms with van der Waals surface area (Å²) in [5, 5.41) is 13.1. The summed E-state index contributed by atoms with van der Waals surface area (Å²) >= 11 is 0. The summed E-state index contributed by atoms with van der Waals surface area (Å²) in [6.45, 7) is 5.02. The van der Waals surface area contributed by atoms with E-state index in [9.17, 15) is 5.11 Å². The molecule has 3 heteroatoms. The Kier molecular flexibility index (Phi) is 4.48. The van der Waals surface area contributed by atoms with E-state index in [1.54, 1.807) is 0 Å². The third-order valence-electron chi connectivity index (χ3n) is 4.40. The number of aliphatic hydroxyl groups excluding tert-OH is 1. The van der Waals surface area contributed by atoms with Crippen molar-refractivity contribution in [1.82, 2.24) is 5.32 Å². The van der Waals surface area contributed by atoms with Gasteiger partial charge in [0.15, 0.2) is 0 Å². The molecule has 1 aliphatic rings. The van der Waals surface area contributed by atoms with Crippen molar-refractivity contribution < 1.29 is 9.84 Å². The Hall–Kier alpha value is -1.06. The highest BCUT2D eigenvalue weighted by Gasteiger charge is 2.43. The van der Waals surface area contributed by atoms with Crippen molar-refractivity contribution in [3.63, 3.8) is 0 Å². The van der Waals surface area contributed by atoms with Gasteiger partial charge in [-0.1, -0.05) is 18.6 Å². The zero-order valence-corrected chi connectivity index (χ0v) is 12.2. The summed E-state index contributed by atoms with van der Waals surface area (Å²) in [6, 6.07) is 6.57. The molecule has 1 atom stereocenters. The molecule has 0 spiro atoms. The Balaban J connectivity index is 2.26. The van der Waals surface area contributed by atoms with Gasteiger partial charge in [-0.3, -0.25) is 0 Å². The van der Waals surface area contributed by atoms with Crippen molar-refractivity contribution in [2.45, 2.75) is 39.2 Å². The van der Waals surface area contributed by atoms with E-state index < -0.39 is 0 Å². The van der Waals surface area contributed by atoms with Gasteiger partial charge in [0, 0.05) is 11.5 Å². The number of aryl methyl sites for hydroxylation is 1. The molecule has 0 bridgehead atoms. The van der Waals surface area contributed by atoms with Crippen LogP contribution in [0.1, 0.15) is 43.4 Å². The van der Waals surface area contributed by atoms with Crippen LogP contribution in [-0.2, 0) is 0 Å². The van der Waals surface area contributed by atoms with E-state index in [-0.39, 0.29) is 18.1 Å². The molecule has 1 saturated carbocycles. The molecule has 0 amide bonds. The second-order valence-electron chi connectivity index (χ2n) is 5.55. The number of benzene rings is 1. The first-order chi connectivity index (χ1) is 9.16. The van der Waals surface area contributed by atoms with Gasteiger partial charge in [0.25, 0.3) is 0 Å². The molecule has 19 heavy (non-hydrogen) atoms. The summed E-state index contributed by atoms with van der Waals surface area (Å²) in [4.78, 5) is 0. The maximum absolute atomic E-state index is 9.74. The molecule has 0 aliphatic heterocycles. The van der Waals surface area contributed by atoms with E-state index in [0.29, 0.717) is 6.61 Å². The highest BCUT2D eigenvalue weighted by Crippen LogP contribution is 2.50. The molecule has 0 radical (unpaired) electrons. The molecular formula is C16H25NO2. The minimum Gasteiger partial charge on any atom is -0.494 e. The van der Waals surface area contributed by atoms with Gasteiger partial charge in [-0.2, -0.15) is 0 Å². The lowest BCUT2D eigenvalue weighted by Crippen LogP contribution is -2.44. The summed E-state index contributed by atoms with van der Waals surface area (Å²) in [7, 11) is 1.98. The zero-order valence-electron chi connectivity index (χ0n) is 12.2. The Morgan fingerprint density at radius 2 is 2.16 bits per heavy atom. The first-order valence-corrected chi connectivity index (χ1v) is 7.18. The van der Waals surface area contributed by atoms with Gasteiger partial charge in [-0.05, 0) is 50.9 Å². The minimum absolute atomic E-state index is 0.0221. The predicted octanol–water partition coefficient (Wildman–Crippen LogP) is 2.82. The van der Waals surface area contributed by atoms with Crippen molar-refractivity contribution in [1.29, 1.82) is 0 Å². The van der Waals surface area contributed by atoms with E-state index in [4.69, 9.17) is 4.74 Å². The van der Waals surface area contributed by atoms with Gasteiger partial charge >= 0.3 is 0 Å². The first kappa shape index (κ1) is 14.4. The van der Waals surface area contributed by atoms with Gasteiger partial charge in [0.1, 0.15) is 5.75 Å². The fourth-order valence-electron chi connectivity index (χ4n) is 3.16. The second-order valence-corrected chi connectivity index (χ2v) is 5.55. The van der Waals surface area contributed by atoms with Crippen LogP contribution in [0, 0.1) is 12.3 Å². The van der Waals surface area contributed by atoms with E-state index in [1.165, 1.54) is 12.0 Å². The average Bonchev–Trinajstić information content (AvgIpc) is 2.36. The SMILES string of the molecule is CCOc1ccc(C(NC)C2(CO)CCC2)cc1C. The number of nitrogens with one attached hydrogen (secondary N) is 1. The summed E-state index contributed by atoms with van der Waals surface area (Å²) in [6.07, 6.45) is 3.41. The Bertz CT molecular complexity index is 421. The van der Waals surface area contributed by atoms with Crippen LogP contribution in [0.5, 0.6) is 5.75 Å². The molecule has 0 aromatic heterocycles. The van der Waals surface area contributed by atoms with Crippen LogP contribution in [0.15, 0.2) is 18.2 Å². The second kappa shape index (κ2) is 5.93. The molecule has 3 nitrogen and oxygen atoms in total. The highest BCUT2D eigenvalue weighted by molar-refractivity contribution is 5.38. The lowest BCUT2D eigenvalue weighted by Gasteiger charge is -2.46. The van der Waals surface area contributed by atoms with Crippen LogP contribution in [0.3, 0.4) is 0 Å². The molecule has 2 rings (SSSR count). The van der Waals surface area contributed by atoms with Crippen LogP contribution in [-0.4, -0.2) is 25.4 Å². The van der Waals surface area contributed by atoms with Crippen molar-refractivity contribution in [2.75, 3.05) is 20.3 Å². The van der Waals surface area contributed by atoms with Crippen molar-refractivity contribution in [3.8, 4) is 5.75 Å². The number of rotatable bonds is 6. The standard InChI is InChI=1S/C16H25NO2/c1-4-19-14-7-6-13(10-12(14)2)15(17-3)16(11-18)8-5-9-16/h6-7,10,15,17-18H,4-5,8-9,11H2,1-3H3. The zero-order chi connectivity index (χ0) is 13.9. The Morgan fingerprint density at radius 1 is 1.42 bits per heavy atom. The third kappa shape index (κ3) is 2.63. The van der Waals surface area contributed by atoms with E-state index in [2.05, 4.69) is 24.4 Å². The predicted molar refractivity (Wildman–Crippen MR) is 77.5 cm³/mol. The molecular weight excluding hydrogens is 238 g/mol. The number of hydrogen-bond donors (Lipinski definition) is 2. The first-order valence-electron chi connectivity index (χ1n) is 7.18. The Morgan fingerprint density at radius 3 is 2.58 bits per heavy atom. The van der Waals surface area contributed by atoms with Gasteiger partial charge in [-0.15, -0.1) is 0 Å². The molecule has 0 heterocycles. The molecule has 1 unspecified atom stereocenters. The quantitative estimate of drug-likeness (QED) is 0.829. The monoisotopic (exact) mass is 263 g/mol. The lowest BCUT2D eigenvalue weighted by molar-refractivity contribution is 0.00780. The number of hydrogen-bond acceptors (Lipinski definition) is 3. The normalized spacial score (nSPS) is 18.7. The third-order valence-corrected chi connectivity index (χ3v) is 4.40. The minimum atomic E-state index is 0.0221. The highest BCUT2D eigenvalue weighted by atomic mass is 16.5. The molecule has 0 saturated heterocycles. The van der Waals surface area contributed by atoms with Gasteiger partial charge in [-0.25, -0.2) is 0 Å². The smallest absolute Gasteiger partial charge is 0.122 e. The molecule has 1 fully saturated rings. The molecule has 2 N–H and O–H groups in total. The van der Waals surface area contributed by atoms with Crippen molar-refractivity contribution in [2.24, 2.45) is 5.41 Å². The largest absolute Gasteiger partial charge is 0.494 e. The van der Waals surface area contributed by atoms with Gasteiger partial charge in [0.05, 0.1) is 13.2 Å². The van der Waals surface area contributed by atoms with Gasteiger partial charge in [0.2, 0.25) is 0 Å². The fourth-order valence-corrected chi connectivity index (χ4v) is 3.16. The van der Waals surface area contributed by atoms with E-state index >= 15 is 0 Å². The van der Waals surface area contributed by atoms with E-state index in [1.807, 2.05) is 20.0 Å². The molecule has 106 valence electrons. The van der Waals surface area contributed by atoms with Crippen LogP contribution in [0.25, 0.3) is 0 Å². The topological polar surface area (TPSA) is 41.5 Å². The maximum Gasteiger partial charge on any atom is 0.122 e. The molecule has 1 aliphatic carbocycles. The number of aliphatic hydroxyl groups is 1. The van der Waals surface area contributed by atoms with Crippen LogP contribution < -0.4 is 10.1 Å². The fraction of sp³-hybridized carbons (Fsp3) is 0.625. The maximum atomic E-state index is 9.74. The van der Waals surface area contributed by atoms with Crippen LogP contribution in [0.4, 0.5) is 0 Å². The Labute approximate surface area is 116 Å². The molecule has 1 aromatic rings. The van der Waals surface area contributed by atoms with Crippen molar-refractivity contribution >= 4 is 0 Å². The van der Waals surface area contributed by atoms with E-state index in [0.717, 1.165) is 24.2 Å². The molecule has 1 aromatic carbocycles. The van der Waals surface area contributed by atoms with Crippen LogP contribution in [0.2, 0.25) is 0 Å². The summed E-state index contributed by atoms with van der Waals surface area (Å²) < 4.78 is 5.59. The number of ether oxygens (including phenoxy) is 1. The average molecular weight is 263 g/mol.